The fourth-order valence-electron chi connectivity index (χ4n) is 1.43. The summed E-state index contributed by atoms with van der Waals surface area (Å²) in [6, 6.07) is 4.92. The van der Waals surface area contributed by atoms with Gasteiger partial charge in [-0.2, -0.15) is 8.78 Å². The first kappa shape index (κ1) is 13.4. The quantitative estimate of drug-likeness (QED) is 0.864. The van der Waals surface area contributed by atoms with Crippen molar-refractivity contribution in [3.63, 3.8) is 0 Å². The van der Waals surface area contributed by atoms with Crippen molar-refractivity contribution in [2.45, 2.75) is 6.42 Å². The van der Waals surface area contributed by atoms with E-state index in [0.29, 0.717) is 17.1 Å². The Balaban J connectivity index is 3.07. The molecule has 0 saturated carbocycles. The molecule has 0 aliphatic carbocycles. The standard InChI is InChI=1S/C12H14F2O3/c1-16-10-3-4-11(17-2)8(6-10)5-9(7-15)12(13)14/h3-4,6,15H,5,7H2,1-2H3. The summed E-state index contributed by atoms with van der Waals surface area (Å²) in [6.07, 6.45) is -1.93. The predicted octanol–water partition coefficient (Wildman–Crippen LogP) is 2.39. The van der Waals surface area contributed by atoms with E-state index < -0.39 is 12.7 Å². The first-order valence-electron chi connectivity index (χ1n) is 4.97. The van der Waals surface area contributed by atoms with Gasteiger partial charge in [-0.25, -0.2) is 0 Å². The van der Waals surface area contributed by atoms with Gasteiger partial charge in [0.05, 0.1) is 20.8 Å². The Hall–Kier alpha value is -1.62. The molecule has 94 valence electrons. The van der Waals surface area contributed by atoms with E-state index in [1.807, 2.05) is 0 Å². The fourth-order valence-corrected chi connectivity index (χ4v) is 1.43. The number of hydrogen-bond donors (Lipinski definition) is 1. The van der Waals surface area contributed by atoms with Crippen LogP contribution in [-0.2, 0) is 6.42 Å². The van der Waals surface area contributed by atoms with Crippen LogP contribution >= 0.6 is 0 Å². The molecule has 1 aromatic rings. The highest BCUT2D eigenvalue weighted by Crippen LogP contribution is 2.27. The molecule has 5 heteroatoms. The number of aliphatic hydroxyl groups is 1. The summed E-state index contributed by atoms with van der Waals surface area (Å²) < 4.78 is 35.0. The molecule has 0 bridgehead atoms. The van der Waals surface area contributed by atoms with Crippen molar-refractivity contribution in [2.75, 3.05) is 20.8 Å². The molecule has 1 N–H and O–H groups in total. The molecule has 1 aromatic carbocycles. The highest BCUT2D eigenvalue weighted by Gasteiger charge is 2.11. The normalized spacial score (nSPS) is 9.94. The highest BCUT2D eigenvalue weighted by molar-refractivity contribution is 5.42. The summed E-state index contributed by atoms with van der Waals surface area (Å²) >= 11 is 0. The van der Waals surface area contributed by atoms with Crippen molar-refractivity contribution in [3.8, 4) is 11.5 Å². The SMILES string of the molecule is COc1ccc(OC)c(CC(CO)=C(F)F)c1. The summed E-state index contributed by atoms with van der Waals surface area (Å²) in [5.74, 6) is 1.04. The summed E-state index contributed by atoms with van der Waals surface area (Å²) in [4.78, 5) is 0. The van der Waals surface area contributed by atoms with Crippen LogP contribution in [0.25, 0.3) is 0 Å². The van der Waals surface area contributed by atoms with Crippen LogP contribution in [0.4, 0.5) is 8.78 Å². The van der Waals surface area contributed by atoms with Crippen molar-refractivity contribution in [3.05, 3.63) is 35.4 Å². The van der Waals surface area contributed by atoms with Crippen LogP contribution < -0.4 is 9.47 Å². The summed E-state index contributed by atoms with van der Waals surface area (Å²) in [6.45, 7) is -0.678. The second-order valence-electron chi connectivity index (χ2n) is 3.38. The van der Waals surface area contributed by atoms with Gasteiger partial charge in [-0.3, -0.25) is 0 Å². The number of methoxy groups -OCH3 is 2. The van der Waals surface area contributed by atoms with E-state index in [0.717, 1.165) is 0 Å². The van der Waals surface area contributed by atoms with Crippen LogP contribution in [0, 0.1) is 0 Å². The Kier molecular flexibility index (Phi) is 4.90. The minimum Gasteiger partial charge on any atom is -0.497 e. The molecule has 0 radical (unpaired) electrons. The van der Waals surface area contributed by atoms with Crippen LogP contribution in [0.1, 0.15) is 5.56 Å². The lowest BCUT2D eigenvalue weighted by Gasteiger charge is -2.11. The van der Waals surface area contributed by atoms with Crippen molar-refractivity contribution in [1.29, 1.82) is 0 Å². The van der Waals surface area contributed by atoms with Gasteiger partial charge in [0, 0.05) is 17.6 Å². The zero-order valence-corrected chi connectivity index (χ0v) is 9.67. The molecule has 0 atom stereocenters. The molecular weight excluding hydrogens is 230 g/mol. The third kappa shape index (κ3) is 3.42. The lowest BCUT2D eigenvalue weighted by molar-refractivity contribution is 0.307. The van der Waals surface area contributed by atoms with Gasteiger partial charge in [-0.1, -0.05) is 0 Å². The number of rotatable bonds is 5. The maximum absolute atomic E-state index is 12.5. The molecule has 0 aliphatic heterocycles. The second kappa shape index (κ2) is 6.20. The molecule has 0 amide bonds. The van der Waals surface area contributed by atoms with E-state index >= 15 is 0 Å². The van der Waals surface area contributed by atoms with Crippen LogP contribution in [0.3, 0.4) is 0 Å². The van der Waals surface area contributed by atoms with E-state index in [-0.39, 0.29) is 12.0 Å². The molecule has 0 heterocycles. The Morgan fingerprint density at radius 3 is 2.41 bits per heavy atom. The van der Waals surface area contributed by atoms with Gasteiger partial charge in [-0.15, -0.1) is 0 Å². The number of halogens is 2. The first-order chi connectivity index (χ1) is 8.12. The van der Waals surface area contributed by atoms with Gasteiger partial charge >= 0.3 is 0 Å². The van der Waals surface area contributed by atoms with Gasteiger partial charge in [0.2, 0.25) is 0 Å². The molecule has 3 nitrogen and oxygen atoms in total. The lowest BCUT2D eigenvalue weighted by Crippen LogP contribution is -2.00. The molecule has 1 rings (SSSR count). The van der Waals surface area contributed by atoms with Crippen molar-refractivity contribution in [2.24, 2.45) is 0 Å². The smallest absolute Gasteiger partial charge is 0.272 e. The van der Waals surface area contributed by atoms with E-state index in [1.54, 1.807) is 18.2 Å². The molecule has 0 unspecified atom stereocenters. The third-order valence-corrected chi connectivity index (χ3v) is 2.35. The number of benzene rings is 1. The van der Waals surface area contributed by atoms with Gasteiger partial charge in [0.15, 0.2) is 0 Å². The largest absolute Gasteiger partial charge is 0.497 e. The topological polar surface area (TPSA) is 38.7 Å². The van der Waals surface area contributed by atoms with Crippen LogP contribution in [-0.4, -0.2) is 25.9 Å². The fraction of sp³-hybridized carbons (Fsp3) is 0.333. The second-order valence-corrected chi connectivity index (χ2v) is 3.38. The van der Waals surface area contributed by atoms with E-state index in [9.17, 15) is 8.78 Å². The number of aliphatic hydroxyl groups excluding tert-OH is 1. The number of ether oxygens (including phenoxy) is 2. The molecule has 0 aromatic heterocycles. The maximum atomic E-state index is 12.5. The average molecular weight is 244 g/mol. The predicted molar refractivity (Wildman–Crippen MR) is 59.6 cm³/mol. The molecule has 17 heavy (non-hydrogen) atoms. The Labute approximate surface area is 98.3 Å². The van der Waals surface area contributed by atoms with Crippen LogP contribution in [0.15, 0.2) is 29.9 Å². The van der Waals surface area contributed by atoms with Crippen molar-refractivity contribution < 1.29 is 23.4 Å². The van der Waals surface area contributed by atoms with Crippen LogP contribution in [0.2, 0.25) is 0 Å². The van der Waals surface area contributed by atoms with Crippen molar-refractivity contribution in [1.82, 2.24) is 0 Å². The summed E-state index contributed by atoms with van der Waals surface area (Å²) in [5.41, 5.74) is 0.222. The average Bonchev–Trinajstić information content (AvgIpc) is 2.35. The van der Waals surface area contributed by atoms with Crippen LogP contribution in [0.5, 0.6) is 11.5 Å². The van der Waals surface area contributed by atoms with E-state index in [2.05, 4.69) is 0 Å². The van der Waals surface area contributed by atoms with Gasteiger partial charge in [0.1, 0.15) is 11.5 Å². The van der Waals surface area contributed by atoms with Gasteiger partial charge in [-0.05, 0) is 18.2 Å². The Bertz CT molecular complexity index is 412. The monoisotopic (exact) mass is 244 g/mol. The molecule has 0 spiro atoms. The molecule has 0 aliphatic rings. The van der Waals surface area contributed by atoms with E-state index in [1.165, 1.54) is 14.2 Å². The Morgan fingerprint density at radius 2 is 1.94 bits per heavy atom. The third-order valence-electron chi connectivity index (χ3n) is 2.35. The number of hydrogen-bond acceptors (Lipinski definition) is 3. The van der Waals surface area contributed by atoms with E-state index in [4.69, 9.17) is 14.6 Å². The first-order valence-corrected chi connectivity index (χ1v) is 4.97. The zero-order chi connectivity index (χ0) is 12.8. The highest BCUT2D eigenvalue weighted by atomic mass is 19.3. The minimum absolute atomic E-state index is 0.0702. The van der Waals surface area contributed by atoms with Gasteiger partial charge in [0.25, 0.3) is 6.08 Å². The summed E-state index contributed by atoms with van der Waals surface area (Å²) in [5, 5.41) is 8.84. The Morgan fingerprint density at radius 1 is 1.24 bits per heavy atom. The molecule has 0 saturated heterocycles. The van der Waals surface area contributed by atoms with Gasteiger partial charge < -0.3 is 14.6 Å². The lowest BCUT2D eigenvalue weighted by atomic mass is 10.1. The summed E-state index contributed by atoms with van der Waals surface area (Å²) in [7, 11) is 2.95. The van der Waals surface area contributed by atoms with Crippen molar-refractivity contribution >= 4 is 0 Å². The molecule has 0 fully saturated rings. The minimum atomic E-state index is -1.86. The maximum Gasteiger partial charge on any atom is 0.272 e. The molecular formula is C12H14F2O3. The zero-order valence-electron chi connectivity index (χ0n) is 9.67.